The largest absolute Gasteiger partial charge is 0.481 e. The summed E-state index contributed by atoms with van der Waals surface area (Å²) in [5, 5.41) is 21.1. The van der Waals surface area contributed by atoms with Gasteiger partial charge in [0.05, 0.1) is 18.1 Å². The van der Waals surface area contributed by atoms with Crippen LogP contribution < -0.4 is 0 Å². The van der Waals surface area contributed by atoms with Crippen LogP contribution in [0.3, 0.4) is 0 Å². The number of hydrogen-bond acceptors (Lipinski definition) is 3. The van der Waals surface area contributed by atoms with Gasteiger partial charge in [0.25, 0.3) is 0 Å². The molecule has 6 nitrogen and oxygen atoms in total. The minimum absolute atomic E-state index is 0.180. The normalized spacial score (nSPS) is 34.2. The molecule has 6 heteroatoms. The van der Waals surface area contributed by atoms with Gasteiger partial charge in [0.15, 0.2) is 0 Å². The van der Waals surface area contributed by atoms with Gasteiger partial charge in [-0.05, 0) is 18.4 Å². The zero-order valence-corrected chi connectivity index (χ0v) is 6.29. The van der Waals surface area contributed by atoms with Crippen molar-refractivity contribution in [3.05, 3.63) is 10.4 Å². The standard InChI is InChI=1S/C6H9N3O3/c7-9-8-4-1-3(6(11)12)2-5(4)10/h3-5,10H,1-2H2,(H,11,12)/t3-,4+,5+/m1/s1. The number of carbonyl (C=O) groups is 1. The molecule has 1 fully saturated rings. The first-order valence-corrected chi connectivity index (χ1v) is 3.60. The summed E-state index contributed by atoms with van der Waals surface area (Å²) in [7, 11) is 0. The van der Waals surface area contributed by atoms with Gasteiger partial charge in [0, 0.05) is 4.91 Å². The first-order valence-electron chi connectivity index (χ1n) is 3.60. The Hall–Kier alpha value is -1.26. The second-order valence-corrected chi connectivity index (χ2v) is 2.85. The number of aliphatic hydroxyl groups excluding tert-OH is 1. The van der Waals surface area contributed by atoms with Crippen LogP contribution in [0, 0.1) is 5.92 Å². The Kier molecular flexibility index (Phi) is 2.52. The van der Waals surface area contributed by atoms with Gasteiger partial charge in [0.1, 0.15) is 0 Å². The molecule has 2 N–H and O–H groups in total. The zero-order chi connectivity index (χ0) is 9.14. The maximum absolute atomic E-state index is 10.5. The second-order valence-electron chi connectivity index (χ2n) is 2.85. The predicted octanol–water partition coefficient (Wildman–Crippen LogP) is 0.521. The van der Waals surface area contributed by atoms with Crippen LogP contribution >= 0.6 is 0 Å². The highest BCUT2D eigenvalue weighted by molar-refractivity contribution is 5.70. The lowest BCUT2D eigenvalue weighted by Crippen LogP contribution is -2.15. The summed E-state index contributed by atoms with van der Waals surface area (Å²) in [4.78, 5) is 13.0. The fourth-order valence-corrected chi connectivity index (χ4v) is 1.39. The molecule has 0 spiro atoms. The SMILES string of the molecule is [N-]=[N+]=N[C@H]1C[C@@H](C(=O)O)C[C@@H]1O. The van der Waals surface area contributed by atoms with Crippen LogP contribution in [0.15, 0.2) is 5.11 Å². The summed E-state index contributed by atoms with van der Waals surface area (Å²) >= 11 is 0. The van der Waals surface area contributed by atoms with Crippen LogP contribution in [0.1, 0.15) is 12.8 Å². The molecule has 1 aliphatic carbocycles. The fourth-order valence-electron chi connectivity index (χ4n) is 1.39. The molecule has 0 bridgehead atoms. The highest BCUT2D eigenvalue weighted by Gasteiger charge is 2.36. The molecule has 0 aromatic heterocycles. The molecular weight excluding hydrogens is 162 g/mol. The Morgan fingerprint density at radius 2 is 2.25 bits per heavy atom. The van der Waals surface area contributed by atoms with Gasteiger partial charge in [0.2, 0.25) is 0 Å². The number of aliphatic hydroxyl groups is 1. The van der Waals surface area contributed by atoms with Gasteiger partial charge in [-0.1, -0.05) is 5.11 Å². The number of azide groups is 1. The van der Waals surface area contributed by atoms with Crippen LogP contribution in [-0.2, 0) is 4.79 Å². The highest BCUT2D eigenvalue weighted by Crippen LogP contribution is 2.28. The van der Waals surface area contributed by atoms with Gasteiger partial charge < -0.3 is 10.2 Å². The molecule has 0 aromatic rings. The van der Waals surface area contributed by atoms with Gasteiger partial charge in [-0.15, -0.1) is 0 Å². The Balaban J connectivity index is 2.61. The monoisotopic (exact) mass is 171 g/mol. The quantitative estimate of drug-likeness (QED) is 0.359. The molecule has 0 aromatic carbocycles. The van der Waals surface area contributed by atoms with E-state index in [4.69, 9.17) is 10.6 Å². The van der Waals surface area contributed by atoms with Crippen molar-refractivity contribution < 1.29 is 15.0 Å². The number of carboxylic acids is 1. The van der Waals surface area contributed by atoms with Crippen molar-refractivity contribution in [1.29, 1.82) is 0 Å². The van der Waals surface area contributed by atoms with Crippen LogP contribution in [0.4, 0.5) is 0 Å². The lowest BCUT2D eigenvalue weighted by Gasteiger charge is -2.04. The minimum atomic E-state index is -0.940. The minimum Gasteiger partial charge on any atom is -0.481 e. The summed E-state index contributed by atoms with van der Waals surface area (Å²) in [6.07, 6.45) is -0.387. The van der Waals surface area contributed by atoms with E-state index in [1.54, 1.807) is 0 Å². The Labute approximate surface area is 68.4 Å². The third kappa shape index (κ3) is 1.66. The summed E-state index contributed by atoms with van der Waals surface area (Å²) in [6.45, 7) is 0. The van der Waals surface area contributed by atoms with Crippen LogP contribution in [0.2, 0.25) is 0 Å². The molecule has 0 saturated heterocycles. The molecule has 1 saturated carbocycles. The number of rotatable bonds is 2. The maximum Gasteiger partial charge on any atom is 0.306 e. The van der Waals surface area contributed by atoms with E-state index in [0.717, 1.165) is 0 Å². The van der Waals surface area contributed by atoms with Crippen LogP contribution in [-0.4, -0.2) is 28.3 Å². The Morgan fingerprint density at radius 1 is 1.58 bits per heavy atom. The summed E-state index contributed by atoms with van der Waals surface area (Å²) in [5.41, 5.74) is 8.07. The molecule has 0 radical (unpaired) electrons. The molecular formula is C6H9N3O3. The van der Waals surface area contributed by atoms with Crippen molar-refractivity contribution in [2.45, 2.75) is 25.0 Å². The maximum atomic E-state index is 10.5. The molecule has 66 valence electrons. The lowest BCUT2D eigenvalue weighted by molar-refractivity contribution is -0.141. The van der Waals surface area contributed by atoms with Crippen molar-refractivity contribution >= 4 is 5.97 Å². The van der Waals surface area contributed by atoms with Crippen molar-refractivity contribution in [3.63, 3.8) is 0 Å². The van der Waals surface area contributed by atoms with Crippen LogP contribution in [0.25, 0.3) is 10.4 Å². The molecule has 0 aliphatic heterocycles. The summed E-state index contributed by atoms with van der Waals surface area (Å²) < 4.78 is 0. The van der Waals surface area contributed by atoms with E-state index in [2.05, 4.69) is 10.0 Å². The number of aliphatic carboxylic acids is 1. The molecule has 0 heterocycles. The summed E-state index contributed by atoms with van der Waals surface area (Å²) in [5.74, 6) is -1.51. The van der Waals surface area contributed by atoms with E-state index in [1.165, 1.54) is 0 Å². The predicted molar refractivity (Wildman–Crippen MR) is 39.3 cm³/mol. The number of nitrogens with zero attached hydrogens (tertiary/aromatic N) is 3. The smallest absolute Gasteiger partial charge is 0.306 e. The number of carboxylic acid groups (broad SMARTS) is 1. The van der Waals surface area contributed by atoms with Crippen molar-refractivity contribution in [2.24, 2.45) is 11.0 Å². The van der Waals surface area contributed by atoms with Crippen molar-refractivity contribution in [3.8, 4) is 0 Å². The van der Waals surface area contributed by atoms with E-state index < -0.39 is 24.0 Å². The fraction of sp³-hybridized carbons (Fsp3) is 0.833. The van der Waals surface area contributed by atoms with Crippen LogP contribution in [0.5, 0.6) is 0 Å². The molecule has 3 atom stereocenters. The average Bonchev–Trinajstić information content (AvgIpc) is 2.34. The van der Waals surface area contributed by atoms with Gasteiger partial charge in [-0.25, -0.2) is 0 Å². The molecule has 1 rings (SSSR count). The molecule has 1 aliphatic rings. The van der Waals surface area contributed by atoms with Gasteiger partial charge in [-0.3, -0.25) is 4.79 Å². The third-order valence-electron chi connectivity index (χ3n) is 2.05. The molecule has 0 unspecified atom stereocenters. The average molecular weight is 171 g/mol. The Bertz CT molecular complexity index is 236. The highest BCUT2D eigenvalue weighted by atomic mass is 16.4. The number of hydrogen-bond donors (Lipinski definition) is 2. The van der Waals surface area contributed by atoms with E-state index in [0.29, 0.717) is 0 Å². The zero-order valence-electron chi connectivity index (χ0n) is 6.29. The summed E-state index contributed by atoms with van der Waals surface area (Å²) in [6, 6.07) is -0.573. The van der Waals surface area contributed by atoms with Gasteiger partial charge >= 0.3 is 5.97 Å². The van der Waals surface area contributed by atoms with E-state index in [9.17, 15) is 9.90 Å². The van der Waals surface area contributed by atoms with E-state index >= 15 is 0 Å². The first-order chi connectivity index (χ1) is 5.65. The lowest BCUT2D eigenvalue weighted by atomic mass is 10.1. The van der Waals surface area contributed by atoms with Crippen molar-refractivity contribution in [1.82, 2.24) is 0 Å². The van der Waals surface area contributed by atoms with E-state index in [1.807, 2.05) is 0 Å². The van der Waals surface area contributed by atoms with Gasteiger partial charge in [-0.2, -0.15) is 0 Å². The topological polar surface area (TPSA) is 106 Å². The molecule has 0 amide bonds. The first kappa shape index (κ1) is 8.83. The Morgan fingerprint density at radius 3 is 2.67 bits per heavy atom. The third-order valence-corrected chi connectivity index (χ3v) is 2.05. The second kappa shape index (κ2) is 3.42. The van der Waals surface area contributed by atoms with E-state index in [-0.39, 0.29) is 12.8 Å². The molecule has 12 heavy (non-hydrogen) atoms. The van der Waals surface area contributed by atoms with Crippen molar-refractivity contribution in [2.75, 3.05) is 0 Å².